The number of nitrogens with one attached hydrogen (secondary N) is 2. The van der Waals surface area contributed by atoms with Crippen LogP contribution < -0.4 is 10.6 Å². The molecule has 0 aromatic heterocycles. The molecule has 0 bridgehead atoms. The standard InChI is InChI=1S/C15H22N2O3/c1-4-11-7-6-8-12(5-2)14(11)16-9-13(15(19)20)17-10(3)18/h6-8,13,16H,4-5,9H2,1-3H3,(H,17,18)(H,19,20). The normalized spacial score (nSPS) is 11.8. The van der Waals surface area contributed by atoms with Crippen molar-refractivity contribution in [1.29, 1.82) is 0 Å². The van der Waals surface area contributed by atoms with Crippen molar-refractivity contribution in [2.45, 2.75) is 39.7 Å². The summed E-state index contributed by atoms with van der Waals surface area (Å²) in [5.41, 5.74) is 3.28. The molecule has 20 heavy (non-hydrogen) atoms. The maximum absolute atomic E-state index is 11.1. The number of benzene rings is 1. The number of hydrogen-bond donors (Lipinski definition) is 3. The van der Waals surface area contributed by atoms with Crippen LogP contribution in [0, 0.1) is 0 Å². The fourth-order valence-electron chi connectivity index (χ4n) is 2.12. The fourth-order valence-corrected chi connectivity index (χ4v) is 2.12. The smallest absolute Gasteiger partial charge is 0.328 e. The number of para-hydroxylation sites is 1. The second kappa shape index (κ2) is 7.53. The number of aryl methyl sites for hydroxylation is 2. The van der Waals surface area contributed by atoms with E-state index in [1.54, 1.807) is 0 Å². The Morgan fingerprint density at radius 2 is 1.75 bits per heavy atom. The Kier molecular flexibility index (Phi) is 6.03. The molecule has 1 aromatic rings. The molecule has 0 saturated heterocycles. The van der Waals surface area contributed by atoms with Gasteiger partial charge in [-0.1, -0.05) is 32.0 Å². The van der Waals surface area contributed by atoms with Gasteiger partial charge in [-0.05, 0) is 24.0 Å². The van der Waals surface area contributed by atoms with Gasteiger partial charge < -0.3 is 15.7 Å². The molecule has 0 radical (unpaired) electrons. The molecular weight excluding hydrogens is 256 g/mol. The molecular formula is C15H22N2O3. The Labute approximate surface area is 119 Å². The van der Waals surface area contributed by atoms with E-state index in [0.717, 1.165) is 29.7 Å². The topological polar surface area (TPSA) is 78.4 Å². The molecule has 5 heteroatoms. The first kappa shape index (κ1) is 16.0. The molecule has 3 N–H and O–H groups in total. The summed E-state index contributed by atoms with van der Waals surface area (Å²) < 4.78 is 0. The summed E-state index contributed by atoms with van der Waals surface area (Å²) in [6.07, 6.45) is 1.74. The number of rotatable bonds is 7. The van der Waals surface area contributed by atoms with Crippen LogP contribution in [0.15, 0.2) is 18.2 Å². The highest BCUT2D eigenvalue weighted by atomic mass is 16.4. The predicted octanol–water partition coefficient (Wildman–Crippen LogP) is 1.81. The van der Waals surface area contributed by atoms with Gasteiger partial charge in [-0.3, -0.25) is 4.79 Å². The number of amides is 1. The number of carboxylic acids is 1. The molecule has 0 aliphatic carbocycles. The summed E-state index contributed by atoms with van der Waals surface area (Å²) in [7, 11) is 0. The van der Waals surface area contributed by atoms with Crippen molar-refractivity contribution in [2.24, 2.45) is 0 Å². The van der Waals surface area contributed by atoms with Crippen LogP contribution >= 0.6 is 0 Å². The molecule has 0 heterocycles. The minimum Gasteiger partial charge on any atom is -0.480 e. The highest BCUT2D eigenvalue weighted by Crippen LogP contribution is 2.22. The van der Waals surface area contributed by atoms with Crippen LogP contribution in [0.5, 0.6) is 0 Å². The summed E-state index contributed by atoms with van der Waals surface area (Å²) in [5, 5.41) is 14.7. The molecule has 5 nitrogen and oxygen atoms in total. The second-order valence-corrected chi connectivity index (χ2v) is 4.63. The summed E-state index contributed by atoms with van der Waals surface area (Å²) in [4.78, 5) is 22.1. The minimum atomic E-state index is -1.04. The van der Waals surface area contributed by atoms with Gasteiger partial charge in [0.1, 0.15) is 6.04 Å². The third kappa shape index (κ3) is 4.26. The maximum Gasteiger partial charge on any atom is 0.328 e. The van der Waals surface area contributed by atoms with Gasteiger partial charge in [0, 0.05) is 19.2 Å². The first-order valence-electron chi connectivity index (χ1n) is 6.84. The van der Waals surface area contributed by atoms with Crippen molar-refractivity contribution >= 4 is 17.6 Å². The zero-order chi connectivity index (χ0) is 15.1. The number of carbonyl (C=O) groups is 2. The molecule has 1 rings (SSSR count). The summed E-state index contributed by atoms with van der Waals surface area (Å²) >= 11 is 0. The number of aliphatic carboxylic acids is 1. The largest absolute Gasteiger partial charge is 0.480 e. The minimum absolute atomic E-state index is 0.166. The van der Waals surface area contributed by atoms with E-state index in [2.05, 4.69) is 24.5 Å². The summed E-state index contributed by atoms with van der Waals surface area (Å²) in [5.74, 6) is -1.39. The third-order valence-electron chi connectivity index (χ3n) is 3.16. The molecule has 0 fully saturated rings. The second-order valence-electron chi connectivity index (χ2n) is 4.63. The quantitative estimate of drug-likeness (QED) is 0.711. The lowest BCUT2D eigenvalue weighted by molar-refractivity contribution is -0.141. The number of carbonyl (C=O) groups excluding carboxylic acids is 1. The van der Waals surface area contributed by atoms with Gasteiger partial charge in [-0.25, -0.2) is 4.79 Å². The number of hydrogen-bond acceptors (Lipinski definition) is 3. The van der Waals surface area contributed by atoms with E-state index in [1.807, 2.05) is 18.2 Å². The van der Waals surface area contributed by atoms with Gasteiger partial charge in [0.25, 0.3) is 0 Å². The van der Waals surface area contributed by atoms with Crippen molar-refractivity contribution in [2.75, 3.05) is 11.9 Å². The van der Waals surface area contributed by atoms with E-state index in [9.17, 15) is 9.59 Å². The van der Waals surface area contributed by atoms with E-state index in [4.69, 9.17) is 5.11 Å². The Morgan fingerprint density at radius 1 is 1.20 bits per heavy atom. The zero-order valence-corrected chi connectivity index (χ0v) is 12.2. The molecule has 1 amide bonds. The predicted molar refractivity (Wildman–Crippen MR) is 78.9 cm³/mol. The maximum atomic E-state index is 11.1. The van der Waals surface area contributed by atoms with Crippen molar-refractivity contribution in [1.82, 2.24) is 5.32 Å². The lowest BCUT2D eigenvalue weighted by Gasteiger charge is -2.19. The van der Waals surface area contributed by atoms with Gasteiger partial charge >= 0.3 is 5.97 Å². The highest BCUT2D eigenvalue weighted by molar-refractivity contribution is 5.82. The molecule has 1 aromatic carbocycles. The Balaban J connectivity index is 2.86. The lowest BCUT2D eigenvalue weighted by atomic mass is 10.0. The van der Waals surface area contributed by atoms with Crippen LogP contribution in [0.2, 0.25) is 0 Å². The average molecular weight is 278 g/mol. The van der Waals surface area contributed by atoms with E-state index >= 15 is 0 Å². The van der Waals surface area contributed by atoms with E-state index in [0.29, 0.717) is 0 Å². The summed E-state index contributed by atoms with van der Waals surface area (Å²) in [6, 6.07) is 5.12. The van der Waals surface area contributed by atoms with Gasteiger partial charge in [-0.15, -0.1) is 0 Å². The van der Waals surface area contributed by atoms with E-state index < -0.39 is 12.0 Å². The van der Waals surface area contributed by atoms with Crippen LogP contribution in [-0.2, 0) is 22.4 Å². The Morgan fingerprint density at radius 3 is 2.15 bits per heavy atom. The van der Waals surface area contributed by atoms with Gasteiger partial charge in [0.15, 0.2) is 0 Å². The Bertz CT molecular complexity index is 464. The van der Waals surface area contributed by atoms with Crippen LogP contribution in [0.1, 0.15) is 31.9 Å². The molecule has 0 spiro atoms. The molecule has 0 saturated carbocycles. The van der Waals surface area contributed by atoms with Gasteiger partial charge in [0.2, 0.25) is 5.91 Å². The fraction of sp³-hybridized carbons (Fsp3) is 0.467. The van der Waals surface area contributed by atoms with Crippen molar-refractivity contribution in [3.05, 3.63) is 29.3 Å². The van der Waals surface area contributed by atoms with Gasteiger partial charge in [0.05, 0.1) is 0 Å². The SMILES string of the molecule is CCc1cccc(CC)c1NCC(NC(C)=O)C(=O)O. The molecule has 0 aliphatic rings. The molecule has 0 aliphatic heterocycles. The monoisotopic (exact) mass is 278 g/mol. The third-order valence-corrected chi connectivity index (χ3v) is 3.16. The first-order chi connectivity index (χ1) is 9.49. The van der Waals surface area contributed by atoms with Crippen LogP contribution in [0.25, 0.3) is 0 Å². The Hall–Kier alpha value is -2.04. The zero-order valence-electron chi connectivity index (χ0n) is 12.2. The first-order valence-corrected chi connectivity index (χ1v) is 6.84. The van der Waals surface area contributed by atoms with Crippen molar-refractivity contribution in [3.8, 4) is 0 Å². The van der Waals surface area contributed by atoms with Crippen molar-refractivity contribution in [3.63, 3.8) is 0 Å². The molecule has 1 unspecified atom stereocenters. The van der Waals surface area contributed by atoms with Crippen molar-refractivity contribution < 1.29 is 14.7 Å². The van der Waals surface area contributed by atoms with E-state index in [-0.39, 0.29) is 12.5 Å². The van der Waals surface area contributed by atoms with Crippen LogP contribution in [-0.4, -0.2) is 29.6 Å². The van der Waals surface area contributed by atoms with Crippen LogP contribution in [0.4, 0.5) is 5.69 Å². The highest BCUT2D eigenvalue weighted by Gasteiger charge is 2.18. The van der Waals surface area contributed by atoms with Crippen LogP contribution in [0.3, 0.4) is 0 Å². The number of carboxylic acid groups (broad SMARTS) is 1. The van der Waals surface area contributed by atoms with Gasteiger partial charge in [-0.2, -0.15) is 0 Å². The van der Waals surface area contributed by atoms with E-state index in [1.165, 1.54) is 6.92 Å². The lowest BCUT2D eigenvalue weighted by Crippen LogP contribution is -2.44. The molecule has 110 valence electrons. The number of anilines is 1. The average Bonchev–Trinajstić information content (AvgIpc) is 2.42. The summed E-state index contributed by atoms with van der Waals surface area (Å²) in [6.45, 7) is 5.59. The molecule has 1 atom stereocenters.